The maximum Gasteiger partial charge on any atom is 0.119 e. The summed E-state index contributed by atoms with van der Waals surface area (Å²) in [5.74, 6) is 0.809. The Morgan fingerprint density at radius 2 is 2.19 bits per heavy atom. The van der Waals surface area contributed by atoms with Gasteiger partial charge in [0, 0.05) is 6.61 Å². The van der Waals surface area contributed by atoms with Gasteiger partial charge in [0.1, 0.15) is 5.75 Å². The number of hydrogen-bond donors (Lipinski definition) is 2. The third kappa shape index (κ3) is 2.07. The van der Waals surface area contributed by atoms with Gasteiger partial charge in [0.15, 0.2) is 0 Å². The number of phenols is 1. The number of aliphatic hydroxyl groups is 1. The van der Waals surface area contributed by atoms with Gasteiger partial charge in [-0.25, -0.2) is 0 Å². The second kappa shape index (κ2) is 4.88. The van der Waals surface area contributed by atoms with Gasteiger partial charge in [0.25, 0.3) is 0 Å². The van der Waals surface area contributed by atoms with E-state index in [4.69, 9.17) is 0 Å². The van der Waals surface area contributed by atoms with E-state index in [0.717, 1.165) is 37.7 Å². The van der Waals surface area contributed by atoms with Gasteiger partial charge in [-0.2, -0.15) is 0 Å². The minimum atomic E-state index is 0.265. The highest BCUT2D eigenvalue weighted by Crippen LogP contribution is 2.33. The summed E-state index contributed by atoms with van der Waals surface area (Å²) in [4.78, 5) is 0. The van der Waals surface area contributed by atoms with Crippen molar-refractivity contribution in [2.24, 2.45) is 5.92 Å². The lowest BCUT2D eigenvalue weighted by atomic mass is 9.81. The van der Waals surface area contributed by atoms with Crippen LogP contribution in [0.2, 0.25) is 0 Å². The van der Waals surface area contributed by atoms with E-state index in [1.807, 2.05) is 12.1 Å². The molecule has 0 fully saturated rings. The summed E-state index contributed by atoms with van der Waals surface area (Å²) in [6, 6.07) is 3.86. The van der Waals surface area contributed by atoms with Crippen LogP contribution in [-0.4, -0.2) is 16.8 Å². The Balaban J connectivity index is 2.37. The Hall–Kier alpha value is -1.02. The van der Waals surface area contributed by atoms with Crippen molar-refractivity contribution >= 4 is 0 Å². The molecule has 2 nitrogen and oxygen atoms in total. The van der Waals surface area contributed by atoms with Gasteiger partial charge in [-0.05, 0) is 54.4 Å². The molecule has 0 saturated heterocycles. The number of aliphatic hydroxyl groups excluding tert-OH is 1. The molecule has 16 heavy (non-hydrogen) atoms. The summed E-state index contributed by atoms with van der Waals surface area (Å²) in [7, 11) is 0. The smallest absolute Gasteiger partial charge is 0.119 e. The summed E-state index contributed by atoms with van der Waals surface area (Å²) in [6.45, 7) is 2.39. The number of aryl methyl sites for hydroxylation is 1. The first-order valence-electron chi connectivity index (χ1n) is 6.19. The van der Waals surface area contributed by atoms with E-state index in [1.165, 1.54) is 11.1 Å². The van der Waals surface area contributed by atoms with Crippen molar-refractivity contribution in [3.05, 3.63) is 28.8 Å². The molecule has 0 heterocycles. The van der Waals surface area contributed by atoms with Crippen LogP contribution in [0, 0.1) is 5.92 Å². The Morgan fingerprint density at radius 1 is 1.38 bits per heavy atom. The van der Waals surface area contributed by atoms with Crippen LogP contribution in [0.4, 0.5) is 0 Å². The molecule has 1 aromatic rings. The predicted octanol–water partition coefficient (Wildman–Crippen LogP) is 2.44. The number of benzene rings is 1. The first-order chi connectivity index (χ1) is 7.76. The summed E-state index contributed by atoms with van der Waals surface area (Å²) in [5, 5.41) is 19.1. The lowest BCUT2D eigenvalue weighted by Gasteiger charge is -2.25. The highest BCUT2D eigenvalue weighted by Gasteiger charge is 2.21. The van der Waals surface area contributed by atoms with Crippen molar-refractivity contribution in [2.75, 3.05) is 6.61 Å². The summed E-state index contributed by atoms with van der Waals surface area (Å²) in [5.41, 5.74) is 3.77. The monoisotopic (exact) mass is 220 g/mol. The average Bonchev–Trinajstić information content (AvgIpc) is 2.32. The van der Waals surface area contributed by atoms with E-state index in [1.54, 1.807) is 0 Å². The zero-order valence-corrected chi connectivity index (χ0v) is 9.87. The molecule has 1 unspecified atom stereocenters. The van der Waals surface area contributed by atoms with Gasteiger partial charge >= 0.3 is 0 Å². The van der Waals surface area contributed by atoms with E-state index in [2.05, 4.69) is 6.92 Å². The minimum Gasteiger partial charge on any atom is -0.508 e. The number of hydrogen-bond acceptors (Lipinski definition) is 2. The zero-order valence-electron chi connectivity index (χ0n) is 9.87. The van der Waals surface area contributed by atoms with Crippen molar-refractivity contribution in [3.8, 4) is 5.75 Å². The molecule has 0 saturated carbocycles. The van der Waals surface area contributed by atoms with E-state index in [-0.39, 0.29) is 6.61 Å². The largest absolute Gasteiger partial charge is 0.508 e. The van der Waals surface area contributed by atoms with Crippen molar-refractivity contribution in [1.29, 1.82) is 0 Å². The van der Waals surface area contributed by atoms with Crippen LogP contribution in [0.25, 0.3) is 0 Å². The van der Waals surface area contributed by atoms with Crippen molar-refractivity contribution in [1.82, 2.24) is 0 Å². The van der Waals surface area contributed by atoms with E-state index in [9.17, 15) is 10.2 Å². The fourth-order valence-corrected chi connectivity index (χ4v) is 2.65. The second-order valence-electron chi connectivity index (χ2n) is 4.74. The molecule has 2 rings (SSSR count). The van der Waals surface area contributed by atoms with Crippen LogP contribution in [-0.2, 0) is 19.3 Å². The van der Waals surface area contributed by atoms with Crippen molar-refractivity contribution < 1.29 is 10.2 Å². The number of aromatic hydroxyl groups is 1. The second-order valence-corrected chi connectivity index (χ2v) is 4.74. The van der Waals surface area contributed by atoms with Gasteiger partial charge < -0.3 is 10.2 Å². The van der Waals surface area contributed by atoms with Gasteiger partial charge in [-0.3, -0.25) is 0 Å². The van der Waals surface area contributed by atoms with E-state index in [0.29, 0.717) is 11.7 Å². The molecule has 2 heteroatoms. The van der Waals surface area contributed by atoms with Crippen LogP contribution in [0.5, 0.6) is 5.75 Å². The molecule has 2 N–H and O–H groups in total. The highest BCUT2D eigenvalue weighted by molar-refractivity contribution is 5.46. The Labute approximate surface area is 96.9 Å². The molecule has 0 amide bonds. The zero-order chi connectivity index (χ0) is 11.5. The molecule has 0 aliphatic heterocycles. The van der Waals surface area contributed by atoms with Crippen molar-refractivity contribution in [3.63, 3.8) is 0 Å². The normalized spacial score (nSPS) is 19.5. The summed E-state index contributed by atoms with van der Waals surface area (Å²) in [6.07, 6.45) is 5.02. The van der Waals surface area contributed by atoms with Crippen LogP contribution in [0.15, 0.2) is 12.1 Å². The highest BCUT2D eigenvalue weighted by atomic mass is 16.3. The fraction of sp³-hybridized carbons (Fsp3) is 0.571. The number of phenolic OH excluding ortho intramolecular Hbond substituents is 1. The van der Waals surface area contributed by atoms with Crippen LogP contribution in [0.1, 0.15) is 36.5 Å². The van der Waals surface area contributed by atoms with Crippen LogP contribution < -0.4 is 0 Å². The quantitative estimate of drug-likeness (QED) is 0.821. The fourth-order valence-electron chi connectivity index (χ4n) is 2.65. The van der Waals surface area contributed by atoms with Crippen LogP contribution in [0.3, 0.4) is 0 Å². The third-order valence-corrected chi connectivity index (χ3v) is 3.58. The Kier molecular flexibility index (Phi) is 3.49. The number of rotatable bonds is 3. The van der Waals surface area contributed by atoms with Crippen molar-refractivity contribution in [2.45, 2.75) is 39.0 Å². The molecule has 1 aromatic carbocycles. The third-order valence-electron chi connectivity index (χ3n) is 3.58. The maximum atomic E-state index is 9.89. The molecule has 0 bridgehead atoms. The SMILES string of the molecule is CCCc1c(O)ccc2c1CC(CO)CC2. The van der Waals surface area contributed by atoms with Gasteiger partial charge in [-0.1, -0.05) is 19.4 Å². The van der Waals surface area contributed by atoms with Gasteiger partial charge in [-0.15, -0.1) is 0 Å². The average molecular weight is 220 g/mol. The molecule has 0 spiro atoms. The summed E-state index contributed by atoms with van der Waals surface area (Å²) >= 11 is 0. The topological polar surface area (TPSA) is 40.5 Å². The Morgan fingerprint density at radius 3 is 2.88 bits per heavy atom. The van der Waals surface area contributed by atoms with E-state index < -0.39 is 0 Å². The first-order valence-corrected chi connectivity index (χ1v) is 6.19. The maximum absolute atomic E-state index is 9.89. The Bertz CT molecular complexity index is 371. The standard InChI is InChI=1S/C14H20O2/c1-2-3-12-13-8-10(9-15)4-5-11(13)6-7-14(12)16/h6-7,10,15-16H,2-5,8-9H2,1H3. The first kappa shape index (κ1) is 11.5. The predicted molar refractivity (Wildman–Crippen MR) is 64.7 cm³/mol. The lowest BCUT2D eigenvalue weighted by Crippen LogP contribution is -2.19. The lowest BCUT2D eigenvalue weighted by molar-refractivity contribution is 0.213. The molecule has 1 atom stereocenters. The molecule has 1 aliphatic carbocycles. The molecule has 0 aromatic heterocycles. The van der Waals surface area contributed by atoms with E-state index >= 15 is 0 Å². The molecule has 0 radical (unpaired) electrons. The molecule has 88 valence electrons. The molecular weight excluding hydrogens is 200 g/mol. The molecular formula is C14H20O2. The molecule has 1 aliphatic rings. The number of fused-ring (bicyclic) bond motifs is 1. The summed E-state index contributed by atoms with van der Waals surface area (Å²) < 4.78 is 0. The van der Waals surface area contributed by atoms with Gasteiger partial charge in [0.05, 0.1) is 0 Å². The minimum absolute atomic E-state index is 0.265. The van der Waals surface area contributed by atoms with Crippen LogP contribution >= 0.6 is 0 Å². The van der Waals surface area contributed by atoms with Gasteiger partial charge in [0.2, 0.25) is 0 Å².